The zero-order chi connectivity index (χ0) is 18.1. The quantitative estimate of drug-likeness (QED) is 0.741. The average molecular weight is 343 g/mol. The van der Waals surface area contributed by atoms with Crippen LogP contribution < -0.4 is 5.32 Å². The van der Waals surface area contributed by atoms with Crippen molar-refractivity contribution < 1.29 is 14.3 Å². The molecule has 4 heteroatoms. The summed E-state index contributed by atoms with van der Waals surface area (Å²) in [6, 6.07) is 24.7. The smallest absolute Gasteiger partial charge is 0.341 e. The number of hydrogen-bond donors (Lipinski definition) is 1. The maximum atomic E-state index is 12.8. The van der Waals surface area contributed by atoms with E-state index in [-0.39, 0.29) is 5.91 Å². The third-order valence-corrected chi connectivity index (χ3v) is 4.79. The summed E-state index contributed by atoms with van der Waals surface area (Å²) in [5, 5.41) is 2.85. The predicted molar refractivity (Wildman–Crippen MR) is 98.6 cm³/mol. The Hall–Kier alpha value is -3.40. The molecule has 0 saturated carbocycles. The monoisotopic (exact) mass is 343 g/mol. The molecule has 26 heavy (non-hydrogen) atoms. The minimum atomic E-state index is -1.32. The van der Waals surface area contributed by atoms with Gasteiger partial charge in [0.25, 0.3) is 5.91 Å². The Morgan fingerprint density at radius 2 is 1.46 bits per heavy atom. The molecule has 1 unspecified atom stereocenters. The highest BCUT2D eigenvalue weighted by Crippen LogP contribution is 2.38. The van der Waals surface area contributed by atoms with Gasteiger partial charge < -0.3 is 10.1 Å². The number of fused-ring (bicyclic) bond motifs is 1. The minimum Gasteiger partial charge on any atom is -0.467 e. The Bertz CT molecular complexity index is 980. The number of rotatable bonds is 3. The Kier molecular flexibility index (Phi) is 3.81. The fourth-order valence-electron chi connectivity index (χ4n) is 3.52. The summed E-state index contributed by atoms with van der Waals surface area (Å²) in [4.78, 5) is 25.2. The predicted octanol–water partition coefficient (Wildman–Crippen LogP) is 3.51. The van der Waals surface area contributed by atoms with E-state index in [2.05, 4.69) is 5.32 Å². The molecule has 0 aliphatic carbocycles. The fourth-order valence-corrected chi connectivity index (χ4v) is 3.52. The number of methoxy groups -OCH3 is 1. The van der Waals surface area contributed by atoms with E-state index in [0.717, 1.165) is 11.1 Å². The molecular weight excluding hydrogens is 326 g/mol. The molecule has 0 saturated heterocycles. The van der Waals surface area contributed by atoms with Crippen molar-refractivity contribution in [3.05, 3.63) is 95.6 Å². The van der Waals surface area contributed by atoms with Gasteiger partial charge in [-0.15, -0.1) is 0 Å². The third-order valence-electron chi connectivity index (χ3n) is 4.79. The molecular formula is C22H17NO3. The Labute approximate surface area is 151 Å². The number of carbonyl (C=O) groups excluding carboxylic acids is 2. The first-order valence-corrected chi connectivity index (χ1v) is 8.33. The number of esters is 1. The van der Waals surface area contributed by atoms with Crippen LogP contribution in [0.15, 0.2) is 78.9 Å². The number of nitrogens with one attached hydrogen (secondary N) is 1. The van der Waals surface area contributed by atoms with Crippen molar-refractivity contribution in [1.29, 1.82) is 0 Å². The van der Waals surface area contributed by atoms with Crippen LogP contribution in [0.1, 0.15) is 21.5 Å². The van der Waals surface area contributed by atoms with Gasteiger partial charge in [0.05, 0.1) is 7.11 Å². The van der Waals surface area contributed by atoms with Gasteiger partial charge in [0.2, 0.25) is 0 Å². The molecule has 1 aliphatic rings. The molecule has 1 atom stereocenters. The second-order valence-corrected chi connectivity index (χ2v) is 6.18. The highest BCUT2D eigenvalue weighted by atomic mass is 16.5. The molecule has 3 aromatic rings. The molecule has 1 N–H and O–H groups in total. The lowest BCUT2D eigenvalue weighted by molar-refractivity contribution is -0.146. The van der Waals surface area contributed by atoms with Crippen molar-refractivity contribution in [2.75, 3.05) is 7.11 Å². The van der Waals surface area contributed by atoms with Gasteiger partial charge in [-0.3, -0.25) is 4.79 Å². The van der Waals surface area contributed by atoms with Gasteiger partial charge in [0.1, 0.15) is 0 Å². The van der Waals surface area contributed by atoms with Gasteiger partial charge >= 0.3 is 5.97 Å². The SMILES string of the molecule is COC(=O)C1(c2ccc(-c3ccccc3)cc2)NC(=O)c2ccccc21. The Balaban J connectivity index is 1.85. The van der Waals surface area contributed by atoms with Crippen molar-refractivity contribution in [2.24, 2.45) is 0 Å². The van der Waals surface area contributed by atoms with Crippen LogP contribution in [0, 0.1) is 0 Å². The van der Waals surface area contributed by atoms with Crippen molar-refractivity contribution in [3.8, 4) is 11.1 Å². The summed E-state index contributed by atoms with van der Waals surface area (Å²) in [5.41, 5.74) is 2.57. The van der Waals surface area contributed by atoms with E-state index in [1.165, 1.54) is 7.11 Å². The summed E-state index contributed by atoms with van der Waals surface area (Å²) >= 11 is 0. The highest BCUT2D eigenvalue weighted by molar-refractivity contribution is 6.07. The van der Waals surface area contributed by atoms with Crippen molar-refractivity contribution >= 4 is 11.9 Å². The number of hydrogen-bond acceptors (Lipinski definition) is 3. The molecule has 0 aromatic heterocycles. The van der Waals surface area contributed by atoms with Crippen LogP contribution in [0.2, 0.25) is 0 Å². The molecule has 3 aromatic carbocycles. The third kappa shape index (κ3) is 2.30. The average Bonchev–Trinajstić information content (AvgIpc) is 3.02. The molecule has 0 fully saturated rings. The molecule has 4 nitrogen and oxygen atoms in total. The van der Waals surface area contributed by atoms with Crippen LogP contribution in [-0.4, -0.2) is 19.0 Å². The van der Waals surface area contributed by atoms with Crippen LogP contribution in [0.25, 0.3) is 11.1 Å². The first-order chi connectivity index (χ1) is 12.7. The van der Waals surface area contributed by atoms with Crippen LogP contribution in [-0.2, 0) is 15.1 Å². The first kappa shape index (κ1) is 16.1. The minimum absolute atomic E-state index is 0.280. The second kappa shape index (κ2) is 6.15. The number of ether oxygens (including phenoxy) is 1. The summed E-state index contributed by atoms with van der Waals surface area (Å²) in [6.45, 7) is 0. The van der Waals surface area contributed by atoms with Gasteiger partial charge in [0.15, 0.2) is 5.54 Å². The standard InChI is InChI=1S/C22H17NO3/c1-26-21(25)22(19-10-6-5-9-18(19)20(24)23-22)17-13-11-16(12-14-17)15-7-3-2-4-8-15/h2-14H,1H3,(H,23,24). The lowest BCUT2D eigenvalue weighted by Crippen LogP contribution is -2.48. The van der Waals surface area contributed by atoms with E-state index in [4.69, 9.17) is 4.74 Å². The number of carbonyl (C=O) groups is 2. The van der Waals surface area contributed by atoms with E-state index < -0.39 is 11.5 Å². The van der Waals surface area contributed by atoms with Crippen LogP contribution >= 0.6 is 0 Å². The van der Waals surface area contributed by atoms with E-state index in [1.807, 2.05) is 60.7 Å². The number of benzene rings is 3. The van der Waals surface area contributed by atoms with Crippen molar-refractivity contribution in [3.63, 3.8) is 0 Å². The van der Waals surface area contributed by atoms with Crippen molar-refractivity contribution in [2.45, 2.75) is 5.54 Å². The largest absolute Gasteiger partial charge is 0.467 e. The summed E-state index contributed by atoms with van der Waals surface area (Å²) in [6.07, 6.45) is 0. The van der Waals surface area contributed by atoms with E-state index in [1.54, 1.807) is 18.2 Å². The maximum absolute atomic E-state index is 12.8. The van der Waals surface area contributed by atoms with Crippen LogP contribution in [0.5, 0.6) is 0 Å². The first-order valence-electron chi connectivity index (χ1n) is 8.33. The van der Waals surface area contributed by atoms with Gasteiger partial charge in [-0.1, -0.05) is 72.8 Å². The van der Waals surface area contributed by atoms with Crippen LogP contribution in [0.4, 0.5) is 0 Å². The lowest BCUT2D eigenvalue weighted by Gasteiger charge is -2.28. The topological polar surface area (TPSA) is 55.4 Å². The molecule has 1 heterocycles. The van der Waals surface area contributed by atoms with Crippen LogP contribution in [0.3, 0.4) is 0 Å². The molecule has 0 radical (unpaired) electrons. The molecule has 4 rings (SSSR count). The van der Waals surface area contributed by atoms with Gasteiger partial charge in [-0.2, -0.15) is 0 Å². The normalized spacial score (nSPS) is 18.1. The van der Waals surface area contributed by atoms with Gasteiger partial charge in [-0.25, -0.2) is 4.79 Å². The van der Waals surface area contributed by atoms with Gasteiger partial charge in [0, 0.05) is 11.1 Å². The van der Waals surface area contributed by atoms with Gasteiger partial charge in [-0.05, 0) is 22.8 Å². The van der Waals surface area contributed by atoms with E-state index in [9.17, 15) is 9.59 Å². The second-order valence-electron chi connectivity index (χ2n) is 6.18. The molecule has 128 valence electrons. The highest BCUT2D eigenvalue weighted by Gasteiger charge is 2.51. The fraction of sp³-hybridized carbons (Fsp3) is 0.0909. The summed E-state index contributed by atoms with van der Waals surface area (Å²) in [5.74, 6) is -0.790. The number of amides is 1. The summed E-state index contributed by atoms with van der Waals surface area (Å²) < 4.78 is 5.06. The molecule has 0 bridgehead atoms. The zero-order valence-electron chi connectivity index (χ0n) is 14.2. The lowest BCUT2D eigenvalue weighted by atomic mass is 9.83. The van der Waals surface area contributed by atoms with Crippen molar-refractivity contribution in [1.82, 2.24) is 5.32 Å². The maximum Gasteiger partial charge on any atom is 0.341 e. The zero-order valence-corrected chi connectivity index (χ0v) is 14.2. The molecule has 1 aliphatic heterocycles. The van der Waals surface area contributed by atoms with E-state index in [0.29, 0.717) is 16.7 Å². The van der Waals surface area contributed by atoms with E-state index >= 15 is 0 Å². The Morgan fingerprint density at radius 1 is 0.846 bits per heavy atom. The summed E-state index contributed by atoms with van der Waals surface area (Å²) in [7, 11) is 1.33. The molecule has 1 amide bonds. The molecule has 0 spiro atoms. The Morgan fingerprint density at radius 3 is 2.15 bits per heavy atom.